The number of ether oxygens (including phenoxy) is 2. The monoisotopic (exact) mass is 358 g/mol. The summed E-state index contributed by atoms with van der Waals surface area (Å²) in [4.78, 5) is 16.7. The minimum atomic E-state index is -0.440. The lowest BCUT2D eigenvalue weighted by Crippen LogP contribution is -2.13. The van der Waals surface area contributed by atoms with E-state index in [0.29, 0.717) is 5.69 Å². The predicted octanol–water partition coefficient (Wildman–Crippen LogP) is 4.22. The number of nitrogens with zero attached hydrogens (tertiary/aromatic N) is 1. The molecule has 1 aromatic heterocycles. The molecule has 1 heterocycles. The molecule has 0 atom stereocenters. The van der Waals surface area contributed by atoms with Crippen LogP contribution in [0.15, 0.2) is 47.8 Å². The largest absolute Gasteiger partial charge is 0.497 e. The van der Waals surface area contributed by atoms with E-state index in [9.17, 15) is 9.18 Å². The fourth-order valence-corrected chi connectivity index (χ4v) is 3.01. The Morgan fingerprint density at radius 2 is 1.88 bits per heavy atom. The minimum absolute atomic E-state index is 0.249. The van der Waals surface area contributed by atoms with Gasteiger partial charge in [0, 0.05) is 17.0 Å². The van der Waals surface area contributed by atoms with Crippen molar-refractivity contribution in [2.75, 3.05) is 19.5 Å². The van der Waals surface area contributed by atoms with Gasteiger partial charge in [-0.05, 0) is 36.4 Å². The van der Waals surface area contributed by atoms with Crippen molar-refractivity contribution in [2.24, 2.45) is 0 Å². The number of anilines is 1. The van der Waals surface area contributed by atoms with E-state index in [-0.39, 0.29) is 17.4 Å². The molecule has 128 valence electrons. The molecule has 0 radical (unpaired) electrons. The van der Waals surface area contributed by atoms with E-state index >= 15 is 0 Å². The average molecular weight is 358 g/mol. The van der Waals surface area contributed by atoms with E-state index in [1.54, 1.807) is 12.5 Å². The normalized spacial score (nSPS) is 10.4. The van der Waals surface area contributed by atoms with Crippen molar-refractivity contribution in [1.82, 2.24) is 4.98 Å². The van der Waals surface area contributed by atoms with Crippen LogP contribution in [0.1, 0.15) is 10.5 Å². The number of hydrogen-bond acceptors (Lipinski definition) is 5. The first-order valence-electron chi connectivity index (χ1n) is 7.35. The molecule has 0 fully saturated rings. The fraction of sp³-hybridized carbons (Fsp3) is 0.111. The zero-order valence-corrected chi connectivity index (χ0v) is 14.4. The molecule has 7 heteroatoms. The zero-order chi connectivity index (χ0) is 17.8. The number of hydrogen-bond donors (Lipinski definition) is 1. The van der Waals surface area contributed by atoms with Gasteiger partial charge in [-0.2, -0.15) is 0 Å². The Bertz CT molecular complexity index is 894. The highest BCUT2D eigenvalue weighted by molar-refractivity contribution is 7.13. The van der Waals surface area contributed by atoms with Crippen LogP contribution >= 0.6 is 11.3 Å². The summed E-state index contributed by atoms with van der Waals surface area (Å²) >= 11 is 1.36. The molecule has 25 heavy (non-hydrogen) atoms. The summed E-state index contributed by atoms with van der Waals surface area (Å²) in [6.07, 6.45) is 0. The highest BCUT2D eigenvalue weighted by Crippen LogP contribution is 2.28. The van der Waals surface area contributed by atoms with Crippen LogP contribution in [0.2, 0.25) is 0 Å². The van der Waals surface area contributed by atoms with Gasteiger partial charge in [0.2, 0.25) is 0 Å². The Morgan fingerprint density at radius 1 is 1.12 bits per heavy atom. The second kappa shape index (κ2) is 7.31. The van der Waals surface area contributed by atoms with Crippen LogP contribution in [-0.2, 0) is 0 Å². The van der Waals surface area contributed by atoms with Crippen LogP contribution in [0.5, 0.6) is 11.5 Å². The van der Waals surface area contributed by atoms with E-state index in [0.717, 1.165) is 16.3 Å². The van der Waals surface area contributed by atoms with Gasteiger partial charge in [-0.1, -0.05) is 0 Å². The maximum absolute atomic E-state index is 13.2. The molecule has 0 spiro atoms. The van der Waals surface area contributed by atoms with Crippen molar-refractivity contribution in [2.45, 2.75) is 0 Å². The highest BCUT2D eigenvalue weighted by Gasteiger charge is 2.14. The van der Waals surface area contributed by atoms with Gasteiger partial charge in [-0.15, -0.1) is 11.3 Å². The van der Waals surface area contributed by atoms with Crippen LogP contribution in [0.4, 0.5) is 10.1 Å². The number of nitrogens with one attached hydrogen (secondary N) is 1. The Labute approximate surface area is 148 Å². The second-order valence-electron chi connectivity index (χ2n) is 5.07. The van der Waals surface area contributed by atoms with Crippen LogP contribution in [0, 0.1) is 5.82 Å². The van der Waals surface area contributed by atoms with Crippen molar-refractivity contribution in [1.29, 1.82) is 0 Å². The number of rotatable bonds is 5. The third kappa shape index (κ3) is 3.77. The minimum Gasteiger partial charge on any atom is -0.497 e. The van der Waals surface area contributed by atoms with Crippen LogP contribution in [0.3, 0.4) is 0 Å². The van der Waals surface area contributed by atoms with Crippen molar-refractivity contribution in [3.05, 3.63) is 59.4 Å². The molecule has 0 aliphatic rings. The van der Waals surface area contributed by atoms with Gasteiger partial charge in [0.15, 0.2) is 0 Å². The van der Waals surface area contributed by atoms with E-state index in [4.69, 9.17) is 9.47 Å². The average Bonchev–Trinajstić information content (AvgIpc) is 3.13. The first-order valence-corrected chi connectivity index (χ1v) is 8.23. The lowest BCUT2D eigenvalue weighted by atomic mass is 10.2. The Kier molecular flexibility index (Phi) is 4.95. The predicted molar refractivity (Wildman–Crippen MR) is 95.0 cm³/mol. The smallest absolute Gasteiger partial charge is 0.275 e. The van der Waals surface area contributed by atoms with Crippen LogP contribution in [-0.4, -0.2) is 25.1 Å². The topological polar surface area (TPSA) is 60.5 Å². The Morgan fingerprint density at radius 3 is 2.56 bits per heavy atom. The number of carbonyl (C=O) groups is 1. The fourth-order valence-electron chi connectivity index (χ4n) is 2.20. The van der Waals surface area contributed by atoms with Gasteiger partial charge in [-0.25, -0.2) is 9.37 Å². The second-order valence-corrected chi connectivity index (χ2v) is 5.92. The van der Waals surface area contributed by atoms with Gasteiger partial charge >= 0.3 is 0 Å². The molecule has 0 aliphatic heterocycles. The van der Waals surface area contributed by atoms with Gasteiger partial charge in [0.05, 0.1) is 19.9 Å². The molecule has 0 aliphatic carbocycles. The molecule has 1 N–H and O–H groups in total. The molecular weight excluding hydrogens is 343 g/mol. The quantitative estimate of drug-likeness (QED) is 0.742. The molecular formula is C18H15FN2O3S. The summed E-state index contributed by atoms with van der Waals surface area (Å²) < 4.78 is 23.4. The summed E-state index contributed by atoms with van der Waals surface area (Å²) in [5.74, 6) is 0.173. The number of methoxy groups -OCH3 is 2. The first-order chi connectivity index (χ1) is 12.1. The lowest BCUT2D eigenvalue weighted by Gasteiger charge is -2.09. The molecule has 1 amide bonds. The molecule has 0 bridgehead atoms. The van der Waals surface area contributed by atoms with Gasteiger partial charge in [0.25, 0.3) is 5.91 Å². The zero-order valence-electron chi connectivity index (χ0n) is 13.6. The van der Waals surface area contributed by atoms with E-state index < -0.39 is 5.82 Å². The standard InChI is InChI=1S/C18H15FN2O3S/c1-23-13-6-3-11(4-7-13)18-21-15(10-25-18)17(22)20-14-8-5-12(19)9-16(14)24-2/h3-10H,1-2H3,(H,20,22). The van der Waals surface area contributed by atoms with Gasteiger partial charge in [0.1, 0.15) is 28.0 Å². The van der Waals surface area contributed by atoms with E-state index in [1.807, 2.05) is 24.3 Å². The molecule has 3 aromatic rings. The molecule has 3 rings (SSSR count). The maximum Gasteiger partial charge on any atom is 0.275 e. The van der Waals surface area contributed by atoms with Crippen LogP contribution in [0.25, 0.3) is 10.6 Å². The SMILES string of the molecule is COc1ccc(-c2nc(C(=O)Nc3ccc(F)cc3OC)cs2)cc1. The Balaban J connectivity index is 1.78. The van der Waals surface area contributed by atoms with Gasteiger partial charge in [-0.3, -0.25) is 4.79 Å². The molecule has 0 saturated carbocycles. The van der Waals surface area contributed by atoms with E-state index in [1.165, 1.54) is 36.6 Å². The molecule has 5 nitrogen and oxygen atoms in total. The molecule has 2 aromatic carbocycles. The number of amides is 1. The van der Waals surface area contributed by atoms with Crippen molar-refractivity contribution >= 4 is 22.9 Å². The number of benzene rings is 2. The van der Waals surface area contributed by atoms with Gasteiger partial charge < -0.3 is 14.8 Å². The van der Waals surface area contributed by atoms with Crippen LogP contribution < -0.4 is 14.8 Å². The third-order valence-corrected chi connectivity index (χ3v) is 4.38. The Hall–Kier alpha value is -2.93. The highest BCUT2D eigenvalue weighted by atomic mass is 32.1. The summed E-state index contributed by atoms with van der Waals surface area (Å²) in [5, 5.41) is 5.07. The van der Waals surface area contributed by atoms with Crippen molar-refractivity contribution in [3.8, 4) is 22.1 Å². The summed E-state index contributed by atoms with van der Waals surface area (Å²) in [7, 11) is 3.01. The summed E-state index contributed by atoms with van der Waals surface area (Å²) in [6.45, 7) is 0. The number of halogens is 1. The molecule has 0 saturated heterocycles. The number of carbonyl (C=O) groups excluding carboxylic acids is 1. The van der Waals surface area contributed by atoms with E-state index in [2.05, 4.69) is 10.3 Å². The number of thiazole rings is 1. The first kappa shape index (κ1) is 16.9. The molecule has 0 unspecified atom stereocenters. The maximum atomic E-state index is 13.2. The van der Waals surface area contributed by atoms with Crippen molar-refractivity contribution in [3.63, 3.8) is 0 Å². The summed E-state index contributed by atoms with van der Waals surface area (Å²) in [5.41, 5.74) is 1.55. The number of aromatic nitrogens is 1. The third-order valence-electron chi connectivity index (χ3n) is 3.49. The van der Waals surface area contributed by atoms with Crippen molar-refractivity contribution < 1.29 is 18.7 Å². The lowest BCUT2D eigenvalue weighted by molar-refractivity contribution is 0.102. The summed E-state index contributed by atoms with van der Waals surface area (Å²) in [6, 6.07) is 11.3.